The molecule has 3 nitrogen and oxygen atoms in total. The van der Waals surface area contributed by atoms with Crippen molar-refractivity contribution < 1.29 is 9.59 Å². The first-order valence-electron chi connectivity index (χ1n) is 12.6. The zero-order valence-corrected chi connectivity index (χ0v) is 19.6. The maximum Gasteiger partial charge on any atom is 0.230 e. The molecule has 1 aliphatic rings. The Kier molecular flexibility index (Phi) is 14.9. The molecule has 1 fully saturated rings. The molecular formula is C26H47NO2. The molecule has 0 N–H and O–H groups in total. The summed E-state index contributed by atoms with van der Waals surface area (Å²) in [6.45, 7) is 6.33. The fraction of sp³-hybridized carbons (Fsp3) is 0.846. The zero-order valence-electron chi connectivity index (χ0n) is 19.6. The minimum atomic E-state index is -0.00975. The summed E-state index contributed by atoms with van der Waals surface area (Å²) in [5, 5.41) is 0. The molecule has 1 atom stereocenters. The molecule has 0 bridgehead atoms. The Bertz CT molecular complexity index is 467. The van der Waals surface area contributed by atoms with Gasteiger partial charge < -0.3 is 0 Å². The Hall–Kier alpha value is -1.12. The van der Waals surface area contributed by atoms with Gasteiger partial charge in [-0.1, -0.05) is 115 Å². The van der Waals surface area contributed by atoms with E-state index in [1.807, 2.05) is 6.92 Å². The minimum Gasteiger partial charge on any atom is -0.275 e. The summed E-state index contributed by atoms with van der Waals surface area (Å²) >= 11 is 0. The second-order valence-electron chi connectivity index (χ2n) is 8.94. The summed E-state index contributed by atoms with van der Waals surface area (Å²) in [4.78, 5) is 25.7. The van der Waals surface area contributed by atoms with Gasteiger partial charge in [0, 0.05) is 12.8 Å². The van der Waals surface area contributed by atoms with Crippen LogP contribution in [0.2, 0.25) is 0 Å². The fourth-order valence-electron chi connectivity index (χ4n) is 4.40. The fourth-order valence-corrected chi connectivity index (χ4v) is 4.40. The molecule has 0 spiro atoms. The summed E-state index contributed by atoms with van der Waals surface area (Å²) < 4.78 is 0. The van der Waals surface area contributed by atoms with E-state index in [1.54, 1.807) is 4.90 Å². The van der Waals surface area contributed by atoms with Crippen molar-refractivity contribution in [3.05, 3.63) is 11.6 Å². The van der Waals surface area contributed by atoms with E-state index in [2.05, 4.69) is 19.9 Å². The lowest BCUT2D eigenvalue weighted by molar-refractivity contribution is -0.140. The molecule has 0 aromatic heterocycles. The van der Waals surface area contributed by atoms with E-state index in [-0.39, 0.29) is 17.9 Å². The van der Waals surface area contributed by atoms with Gasteiger partial charge in [0.15, 0.2) is 0 Å². The molecule has 0 aliphatic carbocycles. The molecular weight excluding hydrogens is 358 g/mol. The molecule has 0 aromatic rings. The highest BCUT2D eigenvalue weighted by molar-refractivity contribution is 6.02. The van der Waals surface area contributed by atoms with Crippen molar-refractivity contribution >= 4 is 11.8 Å². The maximum absolute atomic E-state index is 12.1. The number of hydrogen-bond donors (Lipinski definition) is 0. The van der Waals surface area contributed by atoms with Gasteiger partial charge in [-0.2, -0.15) is 0 Å². The summed E-state index contributed by atoms with van der Waals surface area (Å²) in [6.07, 6.45) is 24.1. The van der Waals surface area contributed by atoms with Crippen LogP contribution in [0.15, 0.2) is 11.6 Å². The molecule has 1 aliphatic heterocycles. The van der Waals surface area contributed by atoms with Crippen LogP contribution in [0.4, 0.5) is 0 Å². The number of nitrogens with zero attached hydrogens (tertiary/aromatic N) is 1. The van der Waals surface area contributed by atoms with Gasteiger partial charge in [-0.05, 0) is 20.3 Å². The normalized spacial score (nSPS) is 16.1. The van der Waals surface area contributed by atoms with E-state index in [4.69, 9.17) is 0 Å². The highest BCUT2D eigenvalue weighted by Gasteiger charge is 2.35. The Morgan fingerprint density at radius 1 is 0.759 bits per heavy atom. The Labute approximate surface area is 180 Å². The predicted molar refractivity (Wildman–Crippen MR) is 124 cm³/mol. The molecule has 1 saturated heterocycles. The third-order valence-electron chi connectivity index (χ3n) is 6.46. The van der Waals surface area contributed by atoms with Crippen molar-refractivity contribution in [2.45, 2.75) is 142 Å². The van der Waals surface area contributed by atoms with Crippen LogP contribution in [-0.4, -0.2) is 22.8 Å². The van der Waals surface area contributed by atoms with Crippen molar-refractivity contribution in [1.82, 2.24) is 4.90 Å². The molecule has 1 heterocycles. The third kappa shape index (κ3) is 11.0. The predicted octanol–water partition coefficient (Wildman–Crippen LogP) is 7.73. The van der Waals surface area contributed by atoms with Gasteiger partial charge in [0.25, 0.3) is 0 Å². The van der Waals surface area contributed by atoms with Crippen molar-refractivity contribution in [1.29, 1.82) is 0 Å². The number of unbranched alkanes of at least 4 members (excludes halogenated alkanes) is 14. The van der Waals surface area contributed by atoms with E-state index in [9.17, 15) is 9.59 Å². The number of carbonyl (C=O) groups excluding carboxylic acids is 2. The van der Waals surface area contributed by atoms with Crippen LogP contribution in [0.25, 0.3) is 0 Å². The van der Waals surface area contributed by atoms with Crippen LogP contribution >= 0.6 is 0 Å². The Morgan fingerprint density at radius 2 is 1.14 bits per heavy atom. The Morgan fingerprint density at radius 3 is 1.52 bits per heavy atom. The lowest BCUT2D eigenvalue weighted by Gasteiger charge is -2.27. The van der Waals surface area contributed by atoms with E-state index >= 15 is 0 Å². The van der Waals surface area contributed by atoms with Gasteiger partial charge in [-0.3, -0.25) is 14.5 Å². The van der Waals surface area contributed by atoms with Crippen LogP contribution < -0.4 is 0 Å². The summed E-state index contributed by atoms with van der Waals surface area (Å²) in [7, 11) is 0. The highest BCUT2D eigenvalue weighted by atomic mass is 16.2. The van der Waals surface area contributed by atoms with Gasteiger partial charge in [-0.15, -0.1) is 0 Å². The molecule has 0 saturated carbocycles. The van der Waals surface area contributed by atoms with E-state index < -0.39 is 0 Å². The average molecular weight is 406 g/mol. The Balaban J connectivity index is 2.01. The molecule has 0 aromatic carbocycles. The van der Waals surface area contributed by atoms with Crippen LogP contribution in [0, 0.1) is 0 Å². The first-order chi connectivity index (χ1) is 14.1. The second kappa shape index (κ2) is 16.7. The number of likely N-dealkylation sites (tertiary alicyclic amines) is 1. The number of amides is 2. The summed E-state index contributed by atoms with van der Waals surface area (Å²) in [6, 6.07) is -0.00975. The molecule has 0 radical (unpaired) electrons. The van der Waals surface area contributed by atoms with Gasteiger partial charge in [0.05, 0.1) is 6.04 Å². The van der Waals surface area contributed by atoms with Gasteiger partial charge in [0.1, 0.15) is 0 Å². The largest absolute Gasteiger partial charge is 0.275 e. The highest BCUT2D eigenvalue weighted by Crippen LogP contribution is 2.24. The maximum atomic E-state index is 12.1. The minimum absolute atomic E-state index is 0.00975. The zero-order chi connectivity index (χ0) is 21.3. The van der Waals surface area contributed by atoms with Crippen LogP contribution in [0.5, 0.6) is 0 Å². The first kappa shape index (κ1) is 25.9. The molecule has 1 unspecified atom stereocenters. The second-order valence-corrected chi connectivity index (χ2v) is 8.94. The van der Waals surface area contributed by atoms with E-state index in [0.29, 0.717) is 12.8 Å². The van der Waals surface area contributed by atoms with Gasteiger partial charge in [-0.25, -0.2) is 0 Å². The first-order valence-corrected chi connectivity index (χ1v) is 12.6. The van der Waals surface area contributed by atoms with Crippen molar-refractivity contribution in [3.63, 3.8) is 0 Å². The van der Waals surface area contributed by atoms with Gasteiger partial charge in [0.2, 0.25) is 11.8 Å². The standard InChI is InChI=1S/C26H47NO2/c1-4-6-7-8-9-10-11-12-13-14-15-16-17-18-19-20-24(23(3)5-2)27-25(28)21-22-26(27)29/h5,24H,4,6-22H2,1-3H3. The molecule has 168 valence electrons. The lowest BCUT2D eigenvalue weighted by atomic mass is 9.98. The van der Waals surface area contributed by atoms with E-state index in [0.717, 1.165) is 18.4 Å². The van der Waals surface area contributed by atoms with Crippen molar-refractivity contribution in [2.75, 3.05) is 0 Å². The summed E-state index contributed by atoms with van der Waals surface area (Å²) in [5.41, 5.74) is 1.15. The number of carbonyl (C=O) groups is 2. The molecule has 29 heavy (non-hydrogen) atoms. The van der Waals surface area contributed by atoms with Crippen LogP contribution in [-0.2, 0) is 9.59 Å². The number of hydrogen-bond acceptors (Lipinski definition) is 2. The SMILES string of the molecule is CC=C(C)C(CCCCCCCCCCCCCCCCC)N1C(=O)CCC1=O. The molecule has 3 heteroatoms. The quantitative estimate of drug-likeness (QED) is 0.133. The average Bonchev–Trinajstić information content (AvgIpc) is 3.05. The monoisotopic (exact) mass is 405 g/mol. The van der Waals surface area contributed by atoms with Crippen molar-refractivity contribution in [3.8, 4) is 0 Å². The smallest absolute Gasteiger partial charge is 0.230 e. The van der Waals surface area contributed by atoms with Crippen molar-refractivity contribution in [2.24, 2.45) is 0 Å². The number of rotatable bonds is 18. The topological polar surface area (TPSA) is 37.4 Å². The van der Waals surface area contributed by atoms with Crippen LogP contribution in [0.1, 0.15) is 136 Å². The third-order valence-corrected chi connectivity index (χ3v) is 6.46. The van der Waals surface area contributed by atoms with Crippen LogP contribution in [0.3, 0.4) is 0 Å². The molecule has 2 amide bonds. The number of imide groups is 1. The van der Waals surface area contributed by atoms with Gasteiger partial charge >= 0.3 is 0 Å². The van der Waals surface area contributed by atoms with E-state index in [1.165, 1.54) is 89.9 Å². The number of allylic oxidation sites excluding steroid dienone is 1. The summed E-state index contributed by atoms with van der Waals surface area (Å²) in [5.74, 6) is 0.0318. The lowest BCUT2D eigenvalue weighted by Crippen LogP contribution is -2.40. The molecule has 1 rings (SSSR count).